The molecular formula is C16H19N3S. The minimum atomic E-state index is 0.446. The topological polar surface area (TPSA) is 28.2 Å². The Balaban J connectivity index is 1.73. The fourth-order valence-corrected chi connectivity index (χ4v) is 4.54. The summed E-state index contributed by atoms with van der Waals surface area (Å²) < 4.78 is 0. The summed E-state index contributed by atoms with van der Waals surface area (Å²) in [6.45, 7) is 1.07. The number of thiazole rings is 1. The number of nitrogens with zero attached hydrogens (tertiary/aromatic N) is 2. The molecule has 104 valence electrons. The first-order chi connectivity index (χ1) is 9.86. The van der Waals surface area contributed by atoms with E-state index in [-0.39, 0.29) is 0 Å². The summed E-state index contributed by atoms with van der Waals surface area (Å²) in [5.74, 6) is 0. The normalized spacial score (nSPS) is 20.9. The monoisotopic (exact) mass is 285 g/mol. The van der Waals surface area contributed by atoms with Gasteiger partial charge in [0, 0.05) is 17.1 Å². The highest BCUT2D eigenvalue weighted by Crippen LogP contribution is 2.41. The Morgan fingerprint density at radius 3 is 3.10 bits per heavy atom. The standard InChI is InChI=1S/C16H19N3S/c1-17-12-6-4-8-14-15(12)18-16(20-14)19-10-9-11-5-2-3-7-13(11)19/h2-3,5,7,12,17H,4,6,8-10H2,1H3. The Kier molecular flexibility index (Phi) is 3.00. The molecule has 0 bridgehead atoms. The maximum atomic E-state index is 4.97. The number of anilines is 2. The Labute approximate surface area is 123 Å². The summed E-state index contributed by atoms with van der Waals surface area (Å²) in [6, 6.07) is 9.16. The van der Waals surface area contributed by atoms with Crippen molar-refractivity contribution in [3.63, 3.8) is 0 Å². The maximum absolute atomic E-state index is 4.97. The molecule has 0 saturated heterocycles. The van der Waals surface area contributed by atoms with Crippen molar-refractivity contribution in [1.29, 1.82) is 0 Å². The van der Waals surface area contributed by atoms with Crippen LogP contribution in [-0.4, -0.2) is 18.6 Å². The van der Waals surface area contributed by atoms with E-state index in [1.165, 1.54) is 46.2 Å². The molecule has 2 aliphatic rings. The average Bonchev–Trinajstić information content (AvgIpc) is 3.10. The summed E-state index contributed by atoms with van der Waals surface area (Å²) in [4.78, 5) is 8.84. The van der Waals surface area contributed by atoms with Gasteiger partial charge in [-0.3, -0.25) is 0 Å². The molecule has 0 radical (unpaired) electrons. The van der Waals surface area contributed by atoms with Crippen molar-refractivity contribution < 1.29 is 0 Å². The minimum absolute atomic E-state index is 0.446. The zero-order valence-electron chi connectivity index (χ0n) is 11.7. The van der Waals surface area contributed by atoms with Gasteiger partial charge in [0.1, 0.15) is 0 Å². The molecule has 4 heteroatoms. The van der Waals surface area contributed by atoms with E-state index in [0.29, 0.717) is 6.04 Å². The van der Waals surface area contributed by atoms with E-state index in [1.807, 2.05) is 18.4 Å². The highest BCUT2D eigenvalue weighted by Gasteiger charge is 2.28. The van der Waals surface area contributed by atoms with Crippen LogP contribution in [0.3, 0.4) is 0 Å². The van der Waals surface area contributed by atoms with Gasteiger partial charge in [-0.25, -0.2) is 4.98 Å². The van der Waals surface area contributed by atoms with Gasteiger partial charge < -0.3 is 10.2 Å². The molecule has 1 N–H and O–H groups in total. The van der Waals surface area contributed by atoms with E-state index in [0.717, 1.165) is 13.0 Å². The quantitative estimate of drug-likeness (QED) is 0.916. The summed E-state index contributed by atoms with van der Waals surface area (Å²) in [7, 11) is 2.05. The molecule has 0 amide bonds. The molecule has 1 aliphatic heterocycles. The Morgan fingerprint density at radius 2 is 2.20 bits per heavy atom. The molecule has 2 aromatic rings. The average molecular weight is 285 g/mol. The fraction of sp³-hybridized carbons (Fsp3) is 0.438. The summed E-state index contributed by atoms with van der Waals surface area (Å²) >= 11 is 1.89. The molecule has 0 fully saturated rings. The number of rotatable bonds is 2. The summed E-state index contributed by atoms with van der Waals surface area (Å²) in [5.41, 5.74) is 4.09. The van der Waals surface area contributed by atoms with Crippen LogP contribution in [-0.2, 0) is 12.8 Å². The van der Waals surface area contributed by atoms with Crippen LogP contribution >= 0.6 is 11.3 Å². The second kappa shape index (κ2) is 4.86. The minimum Gasteiger partial charge on any atom is -0.317 e. The zero-order chi connectivity index (χ0) is 13.5. The maximum Gasteiger partial charge on any atom is 0.190 e. The molecule has 4 rings (SSSR count). The van der Waals surface area contributed by atoms with E-state index >= 15 is 0 Å². The first-order valence-corrected chi connectivity index (χ1v) is 8.21. The number of benzene rings is 1. The molecule has 0 spiro atoms. The molecule has 1 atom stereocenters. The third-order valence-electron chi connectivity index (χ3n) is 4.41. The first kappa shape index (κ1) is 12.4. The molecule has 1 aliphatic carbocycles. The lowest BCUT2D eigenvalue weighted by Crippen LogP contribution is -2.21. The van der Waals surface area contributed by atoms with Crippen molar-refractivity contribution >= 4 is 22.2 Å². The van der Waals surface area contributed by atoms with Gasteiger partial charge in [-0.15, -0.1) is 11.3 Å². The third kappa shape index (κ3) is 1.86. The van der Waals surface area contributed by atoms with Gasteiger partial charge in [0.2, 0.25) is 0 Å². The van der Waals surface area contributed by atoms with Crippen LogP contribution in [0.15, 0.2) is 24.3 Å². The molecule has 0 saturated carbocycles. The Morgan fingerprint density at radius 1 is 1.30 bits per heavy atom. The summed E-state index contributed by atoms with van der Waals surface area (Å²) in [5, 5.41) is 4.59. The smallest absolute Gasteiger partial charge is 0.190 e. The number of hydrogen-bond acceptors (Lipinski definition) is 4. The number of aromatic nitrogens is 1. The van der Waals surface area contributed by atoms with Crippen LogP contribution in [0.2, 0.25) is 0 Å². The number of para-hydroxylation sites is 1. The SMILES string of the molecule is CNC1CCCc2sc(N3CCc4ccccc43)nc21. The molecule has 1 aromatic heterocycles. The van der Waals surface area contributed by atoms with Gasteiger partial charge in [0.25, 0.3) is 0 Å². The van der Waals surface area contributed by atoms with Crippen LogP contribution in [0.25, 0.3) is 0 Å². The van der Waals surface area contributed by atoms with Crippen LogP contribution < -0.4 is 10.2 Å². The van der Waals surface area contributed by atoms with Gasteiger partial charge >= 0.3 is 0 Å². The van der Waals surface area contributed by atoms with Gasteiger partial charge in [-0.2, -0.15) is 0 Å². The van der Waals surface area contributed by atoms with Crippen molar-refractivity contribution in [2.45, 2.75) is 31.7 Å². The second-order valence-electron chi connectivity index (χ2n) is 5.57. The largest absolute Gasteiger partial charge is 0.317 e. The highest BCUT2D eigenvalue weighted by atomic mass is 32.1. The van der Waals surface area contributed by atoms with Gasteiger partial charge in [-0.1, -0.05) is 18.2 Å². The third-order valence-corrected chi connectivity index (χ3v) is 5.56. The lowest BCUT2D eigenvalue weighted by atomic mass is 9.98. The Bertz CT molecular complexity index is 634. The zero-order valence-corrected chi connectivity index (χ0v) is 12.5. The van der Waals surface area contributed by atoms with Crippen molar-refractivity contribution in [1.82, 2.24) is 10.3 Å². The molecule has 2 heterocycles. The number of nitrogens with one attached hydrogen (secondary N) is 1. The fourth-order valence-electron chi connectivity index (χ4n) is 3.34. The van der Waals surface area contributed by atoms with Crippen molar-refractivity contribution in [3.8, 4) is 0 Å². The first-order valence-electron chi connectivity index (χ1n) is 7.39. The van der Waals surface area contributed by atoms with Crippen molar-refractivity contribution in [2.75, 3.05) is 18.5 Å². The van der Waals surface area contributed by atoms with Gasteiger partial charge in [0.15, 0.2) is 5.13 Å². The number of fused-ring (bicyclic) bond motifs is 2. The van der Waals surface area contributed by atoms with Gasteiger partial charge in [-0.05, 0) is 44.4 Å². The van der Waals surface area contributed by atoms with E-state index in [2.05, 4.69) is 34.5 Å². The van der Waals surface area contributed by atoms with E-state index < -0.39 is 0 Å². The Hall–Kier alpha value is -1.39. The predicted molar refractivity (Wildman–Crippen MR) is 84.0 cm³/mol. The van der Waals surface area contributed by atoms with Crippen LogP contribution in [0.4, 0.5) is 10.8 Å². The molecule has 3 nitrogen and oxygen atoms in total. The molecule has 20 heavy (non-hydrogen) atoms. The molecule has 1 aromatic carbocycles. The van der Waals surface area contributed by atoms with Crippen LogP contribution in [0, 0.1) is 0 Å². The lowest BCUT2D eigenvalue weighted by molar-refractivity contribution is 0.490. The van der Waals surface area contributed by atoms with E-state index in [1.54, 1.807) is 0 Å². The van der Waals surface area contributed by atoms with Crippen LogP contribution in [0.5, 0.6) is 0 Å². The number of hydrogen-bond donors (Lipinski definition) is 1. The van der Waals surface area contributed by atoms with E-state index in [4.69, 9.17) is 4.98 Å². The lowest BCUT2D eigenvalue weighted by Gasteiger charge is -2.20. The van der Waals surface area contributed by atoms with E-state index in [9.17, 15) is 0 Å². The molecular weight excluding hydrogens is 266 g/mol. The highest BCUT2D eigenvalue weighted by molar-refractivity contribution is 7.15. The van der Waals surface area contributed by atoms with Gasteiger partial charge in [0.05, 0.1) is 11.7 Å². The number of aryl methyl sites for hydroxylation is 1. The van der Waals surface area contributed by atoms with Crippen molar-refractivity contribution in [3.05, 3.63) is 40.4 Å². The molecule has 1 unspecified atom stereocenters. The van der Waals surface area contributed by atoms with Crippen LogP contribution in [0.1, 0.15) is 35.0 Å². The second-order valence-corrected chi connectivity index (χ2v) is 6.63. The summed E-state index contributed by atoms with van der Waals surface area (Å²) in [6.07, 6.45) is 4.82. The predicted octanol–water partition coefficient (Wildman–Crippen LogP) is 3.43. The van der Waals surface area contributed by atoms with Crippen molar-refractivity contribution in [2.24, 2.45) is 0 Å².